The van der Waals surface area contributed by atoms with E-state index in [9.17, 15) is 9.59 Å². The molecule has 134 valence electrons. The van der Waals surface area contributed by atoms with Crippen molar-refractivity contribution in [3.8, 4) is 0 Å². The number of ether oxygens (including phenoxy) is 1. The van der Waals surface area contributed by atoms with E-state index in [2.05, 4.69) is 9.97 Å². The Bertz CT molecular complexity index is 798. The van der Waals surface area contributed by atoms with Crippen LogP contribution in [0.3, 0.4) is 0 Å². The van der Waals surface area contributed by atoms with Crippen LogP contribution in [0.1, 0.15) is 25.6 Å². The minimum Gasteiger partial charge on any atom is -0.381 e. The zero-order valence-electron chi connectivity index (χ0n) is 14.4. The Morgan fingerprint density at radius 1 is 1.40 bits per heavy atom. The number of rotatable bonds is 5. The van der Waals surface area contributed by atoms with Crippen molar-refractivity contribution in [1.82, 2.24) is 14.9 Å². The summed E-state index contributed by atoms with van der Waals surface area (Å²) in [5.41, 5.74) is 6.63. The van der Waals surface area contributed by atoms with Crippen LogP contribution in [0.5, 0.6) is 0 Å². The molecular formula is C18H24N4O3. The number of nitrogens with two attached hydrogens (primary N) is 1. The predicted molar refractivity (Wildman–Crippen MR) is 95.0 cm³/mol. The molecule has 1 aromatic carbocycles. The Hall–Kier alpha value is -2.25. The number of H-pyrrole nitrogens is 1. The molecule has 1 unspecified atom stereocenters. The zero-order chi connectivity index (χ0) is 17.8. The Kier molecular flexibility index (Phi) is 5.45. The average Bonchev–Trinajstić information content (AvgIpc) is 2.65. The lowest BCUT2D eigenvalue weighted by atomic mass is 9.91. The lowest BCUT2D eigenvalue weighted by molar-refractivity contribution is -0.135. The van der Waals surface area contributed by atoms with Crippen LogP contribution in [0.25, 0.3) is 10.9 Å². The molecular weight excluding hydrogens is 320 g/mol. The fourth-order valence-corrected chi connectivity index (χ4v) is 3.22. The molecule has 3 rings (SSSR count). The summed E-state index contributed by atoms with van der Waals surface area (Å²) in [6, 6.07) is 6.61. The second-order valence-corrected chi connectivity index (χ2v) is 6.36. The van der Waals surface area contributed by atoms with Gasteiger partial charge in [0.1, 0.15) is 5.82 Å². The van der Waals surface area contributed by atoms with Gasteiger partial charge in [-0.25, -0.2) is 4.98 Å². The van der Waals surface area contributed by atoms with Gasteiger partial charge >= 0.3 is 0 Å². The normalized spacial score (nSPS) is 16.7. The first-order valence-electron chi connectivity index (χ1n) is 8.70. The van der Waals surface area contributed by atoms with Gasteiger partial charge in [-0.05, 0) is 37.8 Å². The van der Waals surface area contributed by atoms with E-state index < -0.39 is 6.04 Å². The van der Waals surface area contributed by atoms with Gasteiger partial charge in [-0.2, -0.15) is 0 Å². The van der Waals surface area contributed by atoms with Crippen molar-refractivity contribution in [2.45, 2.75) is 32.4 Å². The molecule has 2 heterocycles. The third-order valence-electron chi connectivity index (χ3n) is 4.75. The summed E-state index contributed by atoms with van der Waals surface area (Å²) in [5, 5.41) is 0.541. The highest BCUT2D eigenvalue weighted by atomic mass is 16.5. The Morgan fingerprint density at radius 3 is 2.84 bits per heavy atom. The second-order valence-electron chi connectivity index (χ2n) is 6.36. The van der Waals surface area contributed by atoms with Crippen LogP contribution in [0.15, 0.2) is 29.1 Å². The number of amides is 1. The smallest absolute Gasteiger partial charge is 0.258 e. The number of likely N-dealkylation sites (N-methyl/N-ethyl adjacent to an activating group) is 1. The van der Waals surface area contributed by atoms with Crippen LogP contribution in [0.2, 0.25) is 0 Å². The predicted octanol–water partition coefficient (Wildman–Crippen LogP) is 1.03. The molecule has 7 heteroatoms. The van der Waals surface area contributed by atoms with Crippen LogP contribution >= 0.6 is 0 Å². The molecule has 2 aromatic rings. The van der Waals surface area contributed by atoms with Gasteiger partial charge in [0.15, 0.2) is 0 Å². The van der Waals surface area contributed by atoms with Crippen LogP contribution in [0, 0.1) is 5.92 Å². The standard InChI is InChI=1S/C18H24N4O3/c1-2-22(18(24)16(19)12-7-9-25-10-8-12)11-15-20-14-6-4-3-5-13(14)17(23)21-15/h3-6,12,16H,2,7-11,19H2,1H3,(H,20,21,23). The van der Waals surface area contributed by atoms with Crippen molar-refractivity contribution in [1.29, 1.82) is 0 Å². The van der Waals surface area contributed by atoms with Gasteiger partial charge in [0.25, 0.3) is 5.56 Å². The van der Waals surface area contributed by atoms with E-state index in [1.54, 1.807) is 23.1 Å². The quantitative estimate of drug-likeness (QED) is 0.843. The van der Waals surface area contributed by atoms with Crippen LogP contribution in [-0.2, 0) is 16.1 Å². The van der Waals surface area contributed by atoms with Crippen LogP contribution in [0.4, 0.5) is 0 Å². The number of nitrogens with zero attached hydrogens (tertiary/aromatic N) is 2. The molecule has 0 spiro atoms. The maximum absolute atomic E-state index is 12.8. The first-order chi connectivity index (χ1) is 12.1. The summed E-state index contributed by atoms with van der Waals surface area (Å²) in [5.74, 6) is 0.502. The molecule has 0 aliphatic carbocycles. The SMILES string of the molecule is CCN(Cc1nc2ccccc2c(=O)[nH]1)C(=O)C(N)C1CCOCC1. The second kappa shape index (κ2) is 7.76. The minimum absolute atomic E-state index is 0.106. The number of para-hydroxylation sites is 1. The van der Waals surface area contributed by atoms with Crippen molar-refractivity contribution in [3.63, 3.8) is 0 Å². The topological polar surface area (TPSA) is 101 Å². The number of hydrogen-bond acceptors (Lipinski definition) is 5. The zero-order valence-corrected chi connectivity index (χ0v) is 14.4. The molecule has 7 nitrogen and oxygen atoms in total. The van der Waals surface area contributed by atoms with Crippen LogP contribution in [-0.4, -0.2) is 46.6 Å². The molecule has 0 bridgehead atoms. The number of aromatic amines is 1. The van der Waals surface area contributed by atoms with Gasteiger partial charge in [-0.3, -0.25) is 9.59 Å². The summed E-state index contributed by atoms with van der Waals surface area (Å²) in [4.78, 5) is 33.8. The summed E-state index contributed by atoms with van der Waals surface area (Å²) in [6.07, 6.45) is 1.60. The van der Waals surface area contributed by atoms with Gasteiger partial charge in [-0.15, -0.1) is 0 Å². The fraction of sp³-hybridized carbons (Fsp3) is 0.500. The molecule has 1 atom stereocenters. The fourth-order valence-electron chi connectivity index (χ4n) is 3.22. The van der Waals surface area contributed by atoms with E-state index >= 15 is 0 Å². The van der Waals surface area contributed by atoms with Crippen molar-refractivity contribution >= 4 is 16.8 Å². The van der Waals surface area contributed by atoms with E-state index in [1.807, 2.05) is 13.0 Å². The Labute approximate surface area is 146 Å². The largest absolute Gasteiger partial charge is 0.381 e. The number of carbonyl (C=O) groups excluding carboxylic acids is 1. The van der Waals surface area contributed by atoms with Crippen LogP contribution < -0.4 is 11.3 Å². The Morgan fingerprint density at radius 2 is 2.12 bits per heavy atom. The first-order valence-corrected chi connectivity index (χ1v) is 8.70. The molecule has 3 N–H and O–H groups in total. The number of carbonyl (C=O) groups is 1. The van der Waals surface area contributed by atoms with Gasteiger partial charge < -0.3 is 20.4 Å². The molecule has 25 heavy (non-hydrogen) atoms. The highest BCUT2D eigenvalue weighted by Crippen LogP contribution is 2.19. The molecule has 1 fully saturated rings. The number of nitrogens with one attached hydrogen (secondary N) is 1. The average molecular weight is 344 g/mol. The summed E-state index contributed by atoms with van der Waals surface area (Å²) >= 11 is 0. The minimum atomic E-state index is -0.545. The van der Waals surface area contributed by atoms with Crippen molar-refractivity contribution < 1.29 is 9.53 Å². The summed E-state index contributed by atoms with van der Waals surface area (Å²) < 4.78 is 5.34. The summed E-state index contributed by atoms with van der Waals surface area (Å²) in [7, 11) is 0. The van der Waals surface area contributed by atoms with Crippen molar-refractivity contribution in [2.75, 3.05) is 19.8 Å². The third-order valence-corrected chi connectivity index (χ3v) is 4.75. The first kappa shape index (κ1) is 17.6. The monoisotopic (exact) mass is 344 g/mol. The lowest BCUT2D eigenvalue weighted by Gasteiger charge is -2.30. The molecule has 0 saturated carbocycles. The number of hydrogen-bond donors (Lipinski definition) is 2. The van der Waals surface area contributed by atoms with E-state index in [0.717, 1.165) is 12.8 Å². The van der Waals surface area contributed by atoms with Gasteiger partial charge in [0.2, 0.25) is 5.91 Å². The van der Waals surface area contributed by atoms with E-state index in [0.29, 0.717) is 36.5 Å². The number of aromatic nitrogens is 2. The maximum Gasteiger partial charge on any atom is 0.258 e. The molecule has 1 amide bonds. The maximum atomic E-state index is 12.8. The van der Waals surface area contributed by atoms with E-state index in [4.69, 9.17) is 10.5 Å². The van der Waals surface area contributed by atoms with Crippen molar-refractivity contribution in [2.24, 2.45) is 11.7 Å². The Balaban J connectivity index is 1.77. The van der Waals surface area contributed by atoms with Gasteiger partial charge in [0, 0.05) is 19.8 Å². The molecule has 1 aliphatic heterocycles. The molecule has 1 aliphatic rings. The highest BCUT2D eigenvalue weighted by Gasteiger charge is 2.29. The highest BCUT2D eigenvalue weighted by molar-refractivity contribution is 5.82. The molecule has 1 aromatic heterocycles. The lowest BCUT2D eigenvalue weighted by Crippen LogP contribution is -2.49. The molecule has 1 saturated heterocycles. The number of fused-ring (bicyclic) bond motifs is 1. The molecule has 0 radical (unpaired) electrons. The number of benzene rings is 1. The van der Waals surface area contributed by atoms with E-state index in [-0.39, 0.29) is 23.9 Å². The van der Waals surface area contributed by atoms with Gasteiger partial charge in [0.05, 0.1) is 23.5 Å². The summed E-state index contributed by atoms with van der Waals surface area (Å²) in [6.45, 7) is 3.95. The van der Waals surface area contributed by atoms with Gasteiger partial charge in [-0.1, -0.05) is 12.1 Å². The van der Waals surface area contributed by atoms with E-state index in [1.165, 1.54) is 0 Å². The third kappa shape index (κ3) is 3.88. The van der Waals surface area contributed by atoms with Crippen molar-refractivity contribution in [3.05, 3.63) is 40.4 Å².